The lowest BCUT2D eigenvalue weighted by molar-refractivity contribution is 0.0778. The number of anilines is 1. The van der Waals surface area contributed by atoms with Gasteiger partial charge in [0.15, 0.2) is 5.82 Å². The fraction of sp³-hybridized carbons (Fsp3) is 0.227. The summed E-state index contributed by atoms with van der Waals surface area (Å²) in [4.78, 5) is 32.5. The van der Waals surface area contributed by atoms with Gasteiger partial charge in [-0.1, -0.05) is 0 Å². The van der Waals surface area contributed by atoms with Gasteiger partial charge in [0.25, 0.3) is 11.8 Å². The van der Waals surface area contributed by atoms with Crippen molar-refractivity contribution in [2.45, 2.75) is 26.5 Å². The minimum atomic E-state index is -0.709. The van der Waals surface area contributed by atoms with Gasteiger partial charge in [-0.3, -0.25) is 9.20 Å². The van der Waals surface area contributed by atoms with Crippen molar-refractivity contribution in [3.63, 3.8) is 0 Å². The Morgan fingerprint density at radius 3 is 2.84 bits per heavy atom. The average Bonchev–Trinajstić information content (AvgIpc) is 3.16. The van der Waals surface area contributed by atoms with Gasteiger partial charge < -0.3 is 15.4 Å². The van der Waals surface area contributed by atoms with Crippen LogP contribution >= 0.6 is 0 Å². The molecule has 1 aromatic carbocycles. The molecule has 5 rings (SSSR count). The number of carbonyl (C=O) groups excluding carboxylic acids is 1. The van der Waals surface area contributed by atoms with E-state index in [1.165, 1.54) is 23.1 Å². The number of nitrogens with zero attached hydrogens (tertiary/aromatic N) is 6. The quantitative estimate of drug-likeness (QED) is 0.454. The Hall–Kier alpha value is -4.08. The van der Waals surface area contributed by atoms with Gasteiger partial charge in [-0.05, 0) is 37.6 Å². The molecule has 0 radical (unpaired) electrons. The third-order valence-corrected chi connectivity index (χ3v) is 5.45. The lowest BCUT2D eigenvalue weighted by atomic mass is 10.0. The van der Waals surface area contributed by atoms with Crippen LogP contribution in [0.2, 0.25) is 0 Å². The number of amides is 1. The number of hydrogen-bond acceptors (Lipinski definition) is 7. The molecule has 4 heterocycles. The number of carbonyl (C=O) groups is 1. The lowest BCUT2D eigenvalue weighted by Crippen LogP contribution is -2.28. The predicted octanol–water partition coefficient (Wildman–Crippen LogP) is 2.94. The number of aromatic nitrogens is 5. The van der Waals surface area contributed by atoms with E-state index in [2.05, 4.69) is 19.9 Å². The molecule has 4 aromatic rings. The number of aryl methyl sites for hydroxylation is 1. The molecule has 0 aliphatic carbocycles. The largest absolute Gasteiger partial charge is 0.467 e. The van der Waals surface area contributed by atoms with E-state index in [1.807, 2.05) is 17.5 Å². The highest BCUT2D eigenvalue weighted by molar-refractivity contribution is 5.95. The van der Waals surface area contributed by atoms with Crippen molar-refractivity contribution in [2.75, 3.05) is 12.8 Å². The zero-order valence-corrected chi connectivity index (χ0v) is 17.7. The van der Waals surface area contributed by atoms with Gasteiger partial charge in [0.2, 0.25) is 5.78 Å². The number of hydrogen-bond donors (Lipinski definition) is 1. The number of fused-ring (bicyclic) bond motifs is 5. The molecule has 9 nitrogen and oxygen atoms in total. The SMILES string of the molecule is Cc1cnc2nc3cn2c1-c1cnc(N)c(n1)O[C@H](C)c1cc(F)ccc1C(=O)N(C)C3. The first-order chi connectivity index (χ1) is 15.3. The number of nitrogens with two attached hydrogens (primary N) is 1. The molecule has 2 N–H and O–H groups in total. The summed E-state index contributed by atoms with van der Waals surface area (Å²) in [6.07, 6.45) is 4.36. The van der Waals surface area contributed by atoms with E-state index < -0.39 is 11.9 Å². The van der Waals surface area contributed by atoms with Gasteiger partial charge in [-0.25, -0.2) is 24.3 Å². The number of rotatable bonds is 0. The summed E-state index contributed by atoms with van der Waals surface area (Å²) in [7, 11) is 1.67. The summed E-state index contributed by atoms with van der Waals surface area (Å²) in [6.45, 7) is 3.85. The van der Waals surface area contributed by atoms with E-state index in [-0.39, 0.29) is 24.1 Å². The highest BCUT2D eigenvalue weighted by atomic mass is 19.1. The predicted molar refractivity (Wildman–Crippen MR) is 114 cm³/mol. The topological polar surface area (TPSA) is 112 Å². The Labute approximate surface area is 182 Å². The summed E-state index contributed by atoms with van der Waals surface area (Å²) in [5, 5.41) is 0. The monoisotopic (exact) mass is 433 g/mol. The van der Waals surface area contributed by atoms with Crippen LogP contribution in [-0.4, -0.2) is 42.2 Å². The van der Waals surface area contributed by atoms with Crippen LogP contribution in [0.4, 0.5) is 10.2 Å². The Bertz CT molecular complexity index is 1380. The summed E-state index contributed by atoms with van der Waals surface area (Å²) in [5.41, 5.74) is 9.49. The summed E-state index contributed by atoms with van der Waals surface area (Å²) in [6, 6.07) is 3.99. The third-order valence-electron chi connectivity index (χ3n) is 5.45. The first-order valence-electron chi connectivity index (χ1n) is 10.00. The zero-order valence-electron chi connectivity index (χ0n) is 17.7. The van der Waals surface area contributed by atoms with E-state index in [1.54, 1.807) is 26.4 Å². The first-order valence-corrected chi connectivity index (χ1v) is 10.00. The van der Waals surface area contributed by atoms with Crippen molar-refractivity contribution in [3.05, 3.63) is 65.0 Å². The Balaban J connectivity index is 1.77. The van der Waals surface area contributed by atoms with Crippen LogP contribution in [-0.2, 0) is 6.54 Å². The molecule has 10 heteroatoms. The molecule has 1 atom stereocenters. The number of benzene rings is 1. The van der Waals surface area contributed by atoms with Crippen LogP contribution in [0, 0.1) is 12.7 Å². The van der Waals surface area contributed by atoms with Gasteiger partial charge >= 0.3 is 0 Å². The molecule has 1 aliphatic heterocycles. The molecule has 0 saturated heterocycles. The van der Waals surface area contributed by atoms with E-state index in [9.17, 15) is 9.18 Å². The molecule has 0 unspecified atom stereocenters. The van der Waals surface area contributed by atoms with Crippen LogP contribution in [0.15, 0.2) is 36.8 Å². The van der Waals surface area contributed by atoms with Gasteiger partial charge in [0.05, 0.1) is 24.1 Å². The maximum absolute atomic E-state index is 14.1. The van der Waals surface area contributed by atoms with Crippen LogP contribution < -0.4 is 10.5 Å². The van der Waals surface area contributed by atoms with Gasteiger partial charge in [-0.15, -0.1) is 0 Å². The molecule has 0 saturated carbocycles. The molecule has 0 fully saturated rings. The molecule has 32 heavy (non-hydrogen) atoms. The number of halogens is 1. The lowest BCUT2D eigenvalue weighted by Gasteiger charge is -2.22. The molecular formula is C22H20FN7O2. The van der Waals surface area contributed by atoms with E-state index >= 15 is 0 Å². The van der Waals surface area contributed by atoms with Crippen LogP contribution in [0.25, 0.3) is 17.2 Å². The van der Waals surface area contributed by atoms with Crippen LogP contribution in [0.3, 0.4) is 0 Å². The smallest absolute Gasteiger partial charge is 0.258 e. The van der Waals surface area contributed by atoms with E-state index in [0.717, 1.165) is 11.3 Å². The highest BCUT2D eigenvalue weighted by Gasteiger charge is 2.24. The Morgan fingerprint density at radius 1 is 1.22 bits per heavy atom. The van der Waals surface area contributed by atoms with E-state index in [0.29, 0.717) is 28.3 Å². The minimum Gasteiger partial charge on any atom is -0.467 e. The van der Waals surface area contributed by atoms with Crippen LogP contribution in [0.5, 0.6) is 5.88 Å². The van der Waals surface area contributed by atoms with Gasteiger partial charge in [0.1, 0.15) is 17.6 Å². The normalized spacial score (nSPS) is 16.1. The van der Waals surface area contributed by atoms with Crippen molar-refractivity contribution < 1.29 is 13.9 Å². The zero-order chi connectivity index (χ0) is 22.6. The molecule has 162 valence electrons. The molecule has 0 spiro atoms. The van der Waals surface area contributed by atoms with Crippen molar-refractivity contribution in [1.29, 1.82) is 0 Å². The molecule has 3 aromatic heterocycles. The Morgan fingerprint density at radius 2 is 2.03 bits per heavy atom. The standard InChI is InChI=1S/C22H20FN7O2/c1-11-7-26-22-27-14-9-29(3)21(31)15-5-4-13(23)6-16(15)12(2)32-20-19(24)25-8-17(28-20)18(11)30(22)10-14/h4-8,10,12H,9H2,1-3H3,(H2,24,25)/t12-/m1/s1. The fourth-order valence-electron chi connectivity index (χ4n) is 3.88. The van der Waals surface area contributed by atoms with Gasteiger partial charge in [-0.2, -0.15) is 0 Å². The van der Waals surface area contributed by atoms with Crippen molar-refractivity contribution in [2.24, 2.45) is 0 Å². The van der Waals surface area contributed by atoms with E-state index in [4.69, 9.17) is 10.5 Å². The highest BCUT2D eigenvalue weighted by Crippen LogP contribution is 2.31. The number of nitrogen functional groups attached to an aromatic ring is 1. The van der Waals surface area contributed by atoms with Crippen molar-refractivity contribution in [1.82, 2.24) is 29.2 Å². The molecule has 1 amide bonds. The first kappa shape index (κ1) is 19.9. The maximum Gasteiger partial charge on any atom is 0.258 e. The average molecular weight is 433 g/mol. The second-order valence-electron chi connectivity index (χ2n) is 7.79. The van der Waals surface area contributed by atoms with Crippen molar-refractivity contribution in [3.8, 4) is 17.3 Å². The Kier molecular flexibility index (Phi) is 4.50. The van der Waals surface area contributed by atoms with Gasteiger partial charge in [0, 0.05) is 30.6 Å². The summed E-state index contributed by atoms with van der Waals surface area (Å²) in [5.74, 6) is -0.123. The fourth-order valence-corrected chi connectivity index (χ4v) is 3.88. The second-order valence-corrected chi connectivity index (χ2v) is 7.79. The molecule has 4 bridgehead atoms. The molecule has 1 aliphatic rings. The maximum atomic E-state index is 14.1. The number of ether oxygens (including phenoxy) is 1. The third kappa shape index (κ3) is 3.20. The summed E-state index contributed by atoms with van der Waals surface area (Å²) < 4.78 is 21.9. The molecular weight excluding hydrogens is 413 g/mol. The summed E-state index contributed by atoms with van der Waals surface area (Å²) >= 11 is 0. The van der Waals surface area contributed by atoms with Crippen LogP contribution in [0.1, 0.15) is 40.2 Å². The van der Waals surface area contributed by atoms with Crippen molar-refractivity contribution >= 4 is 17.5 Å². The second kappa shape index (κ2) is 7.26. The minimum absolute atomic E-state index is 0.0864. The number of imidazole rings is 1.